The van der Waals surface area contributed by atoms with Crippen LogP contribution in [0.1, 0.15) is 10.4 Å². The minimum Gasteiger partial charge on any atom is -0.319 e. The van der Waals surface area contributed by atoms with Crippen LogP contribution in [0, 0.1) is 0 Å². The van der Waals surface area contributed by atoms with Gasteiger partial charge in [-0.25, -0.2) is 15.0 Å². The highest BCUT2D eigenvalue weighted by atomic mass is 16.1. The normalized spacial score (nSPS) is 10.2. The maximum atomic E-state index is 11.9. The quantitative estimate of drug-likeness (QED) is 0.785. The van der Waals surface area contributed by atoms with Gasteiger partial charge < -0.3 is 5.32 Å². The fraction of sp³-hybridized carbons (Fsp3) is 0. The van der Waals surface area contributed by atoms with Gasteiger partial charge in [0.25, 0.3) is 5.91 Å². The zero-order valence-corrected chi connectivity index (χ0v) is 10.5. The number of rotatable bonds is 3. The summed E-state index contributed by atoms with van der Waals surface area (Å²) in [7, 11) is 0. The highest BCUT2D eigenvalue weighted by Crippen LogP contribution is 2.08. The number of hydrogen-bond donors (Lipinski definition) is 1. The van der Waals surface area contributed by atoms with E-state index in [4.69, 9.17) is 0 Å². The maximum absolute atomic E-state index is 11.9. The van der Waals surface area contributed by atoms with Gasteiger partial charge in [-0.1, -0.05) is 18.2 Å². The maximum Gasteiger partial charge on any atom is 0.255 e. The van der Waals surface area contributed by atoms with Crippen LogP contribution in [0.2, 0.25) is 0 Å². The summed E-state index contributed by atoms with van der Waals surface area (Å²) in [5.41, 5.74) is 1.13. The average molecular weight is 265 g/mol. The van der Waals surface area contributed by atoms with E-state index in [9.17, 15) is 4.79 Å². The number of carbonyl (C=O) groups excluding carboxylic acids is 1. The molecular formula is C14H11N5O. The van der Waals surface area contributed by atoms with Gasteiger partial charge in [0, 0.05) is 18.0 Å². The van der Waals surface area contributed by atoms with Gasteiger partial charge in [0.05, 0.1) is 18.1 Å². The molecule has 3 rings (SSSR count). The van der Waals surface area contributed by atoms with Crippen LogP contribution < -0.4 is 5.32 Å². The third kappa shape index (κ3) is 2.54. The van der Waals surface area contributed by atoms with Crippen LogP contribution in [0.15, 0.2) is 61.4 Å². The Labute approximate surface area is 115 Å². The molecule has 0 saturated heterocycles. The summed E-state index contributed by atoms with van der Waals surface area (Å²) in [6.45, 7) is 0. The van der Waals surface area contributed by atoms with Crippen LogP contribution in [-0.2, 0) is 0 Å². The van der Waals surface area contributed by atoms with Crippen molar-refractivity contribution in [2.75, 3.05) is 5.32 Å². The summed E-state index contributed by atoms with van der Waals surface area (Å²) in [4.78, 5) is 24.2. The van der Waals surface area contributed by atoms with E-state index in [1.807, 2.05) is 18.2 Å². The summed E-state index contributed by atoms with van der Waals surface area (Å²) in [5, 5.41) is 2.74. The predicted octanol–water partition coefficient (Wildman–Crippen LogP) is 1.91. The smallest absolute Gasteiger partial charge is 0.255 e. The Hall–Kier alpha value is -3.02. The lowest BCUT2D eigenvalue weighted by molar-refractivity contribution is 0.102. The monoisotopic (exact) mass is 265 g/mol. The number of benzene rings is 1. The third-order valence-corrected chi connectivity index (χ3v) is 2.67. The number of carbonyl (C=O) groups is 1. The first-order valence-corrected chi connectivity index (χ1v) is 6.00. The van der Waals surface area contributed by atoms with Gasteiger partial charge in [-0.15, -0.1) is 0 Å². The molecule has 0 radical (unpaired) electrons. The van der Waals surface area contributed by atoms with Crippen molar-refractivity contribution in [2.24, 2.45) is 0 Å². The molecule has 0 atom stereocenters. The third-order valence-electron chi connectivity index (χ3n) is 2.67. The first kappa shape index (κ1) is 12.0. The number of hydrogen-bond acceptors (Lipinski definition) is 4. The first-order chi connectivity index (χ1) is 9.83. The predicted molar refractivity (Wildman–Crippen MR) is 73.5 cm³/mol. The minimum absolute atomic E-state index is 0.190. The van der Waals surface area contributed by atoms with E-state index in [-0.39, 0.29) is 5.91 Å². The van der Waals surface area contributed by atoms with E-state index >= 15 is 0 Å². The van der Waals surface area contributed by atoms with Gasteiger partial charge in [0.2, 0.25) is 5.95 Å². The lowest BCUT2D eigenvalue weighted by atomic mass is 10.2. The SMILES string of the molecule is O=C(Nc1cnc(-n2ccnc2)nc1)c1ccccc1. The standard InChI is InChI=1S/C14H11N5O/c20-13(11-4-2-1-3-5-11)18-12-8-16-14(17-9-12)19-7-6-15-10-19/h1-10H,(H,18,20). The molecule has 0 fully saturated rings. The molecule has 98 valence electrons. The first-order valence-electron chi connectivity index (χ1n) is 6.00. The Kier molecular flexibility index (Phi) is 3.20. The number of nitrogens with zero attached hydrogens (tertiary/aromatic N) is 4. The Bertz CT molecular complexity index is 692. The van der Waals surface area contributed by atoms with Crippen LogP contribution in [0.5, 0.6) is 0 Å². The van der Waals surface area contributed by atoms with Crippen LogP contribution >= 0.6 is 0 Å². The van der Waals surface area contributed by atoms with Gasteiger partial charge in [0.1, 0.15) is 6.33 Å². The molecule has 0 aliphatic carbocycles. The highest BCUT2D eigenvalue weighted by Gasteiger charge is 2.06. The number of amides is 1. The van der Waals surface area contributed by atoms with E-state index in [1.54, 1.807) is 47.8 Å². The van der Waals surface area contributed by atoms with Crippen molar-refractivity contribution >= 4 is 11.6 Å². The number of imidazole rings is 1. The highest BCUT2D eigenvalue weighted by molar-refractivity contribution is 6.04. The van der Waals surface area contributed by atoms with Crippen molar-refractivity contribution < 1.29 is 4.79 Å². The molecule has 0 saturated carbocycles. The Morgan fingerprint density at radius 2 is 1.85 bits per heavy atom. The Morgan fingerprint density at radius 3 is 2.50 bits per heavy atom. The second kappa shape index (κ2) is 5.31. The summed E-state index contributed by atoms with van der Waals surface area (Å²) >= 11 is 0. The van der Waals surface area contributed by atoms with Crippen molar-refractivity contribution in [1.82, 2.24) is 19.5 Å². The molecule has 1 amide bonds. The van der Waals surface area contributed by atoms with E-state index in [1.165, 1.54) is 0 Å². The molecule has 6 heteroatoms. The van der Waals surface area contributed by atoms with Crippen LogP contribution in [-0.4, -0.2) is 25.4 Å². The lowest BCUT2D eigenvalue weighted by Gasteiger charge is -2.05. The van der Waals surface area contributed by atoms with Crippen molar-refractivity contribution in [3.05, 3.63) is 67.0 Å². The van der Waals surface area contributed by atoms with Gasteiger partial charge in [-0.05, 0) is 12.1 Å². The van der Waals surface area contributed by atoms with E-state index in [0.29, 0.717) is 17.2 Å². The summed E-state index contributed by atoms with van der Waals surface area (Å²) < 4.78 is 1.68. The zero-order valence-electron chi connectivity index (χ0n) is 10.5. The zero-order chi connectivity index (χ0) is 13.8. The summed E-state index contributed by atoms with van der Waals surface area (Å²) in [6.07, 6.45) is 8.12. The summed E-state index contributed by atoms with van der Waals surface area (Å²) in [5.74, 6) is 0.310. The number of anilines is 1. The molecule has 2 heterocycles. The molecule has 0 spiro atoms. The van der Waals surface area contributed by atoms with Crippen LogP contribution in [0.3, 0.4) is 0 Å². The van der Waals surface area contributed by atoms with Crippen molar-refractivity contribution in [3.8, 4) is 5.95 Å². The molecule has 3 aromatic rings. The summed E-state index contributed by atoms with van der Waals surface area (Å²) in [6, 6.07) is 8.98. The van der Waals surface area contributed by atoms with E-state index in [2.05, 4.69) is 20.3 Å². The Balaban J connectivity index is 1.74. The fourth-order valence-electron chi connectivity index (χ4n) is 1.69. The molecule has 0 bridgehead atoms. The Morgan fingerprint density at radius 1 is 1.10 bits per heavy atom. The largest absolute Gasteiger partial charge is 0.319 e. The molecular weight excluding hydrogens is 254 g/mol. The minimum atomic E-state index is -0.190. The number of aromatic nitrogens is 4. The van der Waals surface area contributed by atoms with E-state index < -0.39 is 0 Å². The van der Waals surface area contributed by atoms with Crippen LogP contribution in [0.25, 0.3) is 5.95 Å². The second-order valence-electron chi connectivity index (χ2n) is 4.06. The average Bonchev–Trinajstić information content (AvgIpc) is 3.03. The van der Waals surface area contributed by atoms with Crippen LogP contribution in [0.4, 0.5) is 5.69 Å². The second-order valence-corrected chi connectivity index (χ2v) is 4.06. The van der Waals surface area contributed by atoms with Crippen molar-refractivity contribution in [2.45, 2.75) is 0 Å². The molecule has 1 aromatic carbocycles. The van der Waals surface area contributed by atoms with Crippen molar-refractivity contribution in [3.63, 3.8) is 0 Å². The van der Waals surface area contributed by atoms with Crippen molar-refractivity contribution in [1.29, 1.82) is 0 Å². The fourth-order valence-corrected chi connectivity index (χ4v) is 1.69. The number of nitrogens with one attached hydrogen (secondary N) is 1. The molecule has 6 nitrogen and oxygen atoms in total. The molecule has 20 heavy (non-hydrogen) atoms. The van der Waals surface area contributed by atoms with Gasteiger partial charge in [-0.2, -0.15) is 0 Å². The lowest BCUT2D eigenvalue weighted by Crippen LogP contribution is -2.12. The van der Waals surface area contributed by atoms with E-state index in [0.717, 1.165) is 0 Å². The van der Waals surface area contributed by atoms with Gasteiger partial charge >= 0.3 is 0 Å². The molecule has 0 aliphatic heterocycles. The van der Waals surface area contributed by atoms with Gasteiger partial charge in [-0.3, -0.25) is 9.36 Å². The van der Waals surface area contributed by atoms with Gasteiger partial charge in [0.15, 0.2) is 0 Å². The molecule has 1 N–H and O–H groups in total. The topological polar surface area (TPSA) is 72.7 Å². The molecule has 0 aliphatic rings. The molecule has 2 aromatic heterocycles. The molecule has 0 unspecified atom stereocenters.